The summed E-state index contributed by atoms with van der Waals surface area (Å²) in [7, 11) is -4.57. The number of aryl methyl sites for hydroxylation is 1. The lowest BCUT2D eigenvalue weighted by molar-refractivity contribution is 0.290. The second-order valence-electron chi connectivity index (χ2n) is 11.8. The highest BCUT2D eigenvalue weighted by molar-refractivity contribution is 7.92. The Morgan fingerprint density at radius 2 is 1.73 bits per heavy atom. The molecule has 1 aliphatic rings. The number of sulfonamides is 1. The zero-order valence-corrected chi connectivity index (χ0v) is 25.8. The van der Waals surface area contributed by atoms with Crippen LogP contribution >= 0.6 is 0 Å². The van der Waals surface area contributed by atoms with Crippen molar-refractivity contribution in [2.75, 3.05) is 17.0 Å². The summed E-state index contributed by atoms with van der Waals surface area (Å²) >= 11 is 0. The number of rotatable bonds is 9. The molecule has 0 bridgehead atoms. The summed E-state index contributed by atoms with van der Waals surface area (Å²) in [6.45, 7) is 7.23. The predicted octanol–water partition coefficient (Wildman–Crippen LogP) is 6.76. The van der Waals surface area contributed by atoms with Crippen LogP contribution in [0.2, 0.25) is 0 Å². The lowest BCUT2D eigenvalue weighted by Crippen LogP contribution is -2.36. The van der Waals surface area contributed by atoms with Gasteiger partial charge >= 0.3 is 0 Å². The van der Waals surface area contributed by atoms with Gasteiger partial charge in [-0.05, 0) is 88.6 Å². The van der Waals surface area contributed by atoms with Crippen molar-refractivity contribution in [3.05, 3.63) is 65.1 Å². The minimum Gasteiger partial charge on any atom is -0.383 e. The van der Waals surface area contributed by atoms with Crippen LogP contribution in [0.15, 0.2) is 41.4 Å². The van der Waals surface area contributed by atoms with E-state index in [1.165, 1.54) is 13.0 Å². The number of pyridine rings is 1. The summed E-state index contributed by atoms with van der Waals surface area (Å²) in [5.41, 5.74) is 7.54. The normalized spacial score (nSPS) is 18.2. The molecule has 2 heterocycles. The van der Waals surface area contributed by atoms with Crippen LogP contribution in [-0.4, -0.2) is 41.9 Å². The lowest BCUT2D eigenvalue weighted by atomic mass is 9.81. The molecule has 0 amide bonds. The fraction of sp³-hybridized carbons (Fsp3) is 0.419. The number of nitrogens with one attached hydrogen (secondary N) is 2. The molecule has 4 aromatic rings. The van der Waals surface area contributed by atoms with Gasteiger partial charge in [-0.3, -0.25) is 9.40 Å². The van der Waals surface area contributed by atoms with Gasteiger partial charge in [0.1, 0.15) is 40.0 Å². The molecule has 1 unspecified atom stereocenters. The smallest absolute Gasteiger partial charge is 0.264 e. The standard InChI is InChI=1S/C31H36F4N6O2S/c1-16(2)41-30-22(19-6-8-20(9-7-19)37-14-18(4)32)15-38-31(36)28(30)29(39-41)21-12-25(35)26(13-24(21)34)40-44(42,43)27-11-17(3)5-10-23(27)33/h5,10-13,15-16,18-20,37,40H,6-9,14H2,1-4H3,(H2,36,38). The van der Waals surface area contributed by atoms with Crippen LogP contribution < -0.4 is 15.8 Å². The molecular formula is C31H36F4N6O2S. The van der Waals surface area contributed by atoms with Crippen molar-refractivity contribution in [2.45, 2.75) is 82.4 Å². The Morgan fingerprint density at radius 1 is 1.02 bits per heavy atom. The highest BCUT2D eigenvalue weighted by Gasteiger charge is 2.30. The third-order valence-corrected chi connectivity index (χ3v) is 9.44. The van der Waals surface area contributed by atoms with Gasteiger partial charge in [-0.15, -0.1) is 0 Å². The van der Waals surface area contributed by atoms with Crippen molar-refractivity contribution >= 4 is 32.4 Å². The SMILES string of the molecule is Cc1ccc(F)c(S(=O)(=O)Nc2cc(F)c(-c3nn(C(C)C)c4c(C5CCC(NCC(C)F)CC5)cnc(N)c34)cc2F)c1. The largest absolute Gasteiger partial charge is 0.383 e. The number of alkyl halides is 1. The monoisotopic (exact) mass is 632 g/mol. The van der Waals surface area contributed by atoms with E-state index < -0.39 is 44.2 Å². The van der Waals surface area contributed by atoms with Gasteiger partial charge in [-0.25, -0.2) is 31.0 Å². The summed E-state index contributed by atoms with van der Waals surface area (Å²) < 4.78 is 88.2. The van der Waals surface area contributed by atoms with Gasteiger partial charge in [0.25, 0.3) is 10.0 Å². The first-order valence-electron chi connectivity index (χ1n) is 14.6. The number of fused-ring (bicyclic) bond motifs is 1. The molecule has 4 N–H and O–H groups in total. The molecule has 0 aliphatic heterocycles. The molecular weight excluding hydrogens is 596 g/mol. The number of anilines is 2. The quantitative estimate of drug-likeness (QED) is 0.176. The van der Waals surface area contributed by atoms with E-state index >= 15 is 8.78 Å². The molecule has 13 heteroatoms. The maximum Gasteiger partial charge on any atom is 0.264 e. The zero-order valence-electron chi connectivity index (χ0n) is 25.0. The molecule has 44 heavy (non-hydrogen) atoms. The van der Waals surface area contributed by atoms with Crippen molar-refractivity contribution < 1.29 is 26.0 Å². The lowest BCUT2D eigenvalue weighted by Gasteiger charge is -2.30. The number of hydrogen-bond donors (Lipinski definition) is 3. The van der Waals surface area contributed by atoms with E-state index in [1.54, 1.807) is 17.8 Å². The van der Waals surface area contributed by atoms with Crippen LogP contribution in [0.3, 0.4) is 0 Å². The van der Waals surface area contributed by atoms with Crippen LogP contribution in [-0.2, 0) is 10.0 Å². The highest BCUT2D eigenvalue weighted by atomic mass is 32.2. The Morgan fingerprint density at radius 3 is 2.39 bits per heavy atom. The third kappa shape index (κ3) is 6.25. The van der Waals surface area contributed by atoms with Gasteiger partial charge in [0.05, 0.1) is 16.6 Å². The first-order valence-corrected chi connectivity index (χ1v) is 16.1. The van der Waals surface area contributed by atoms with Crippen LogP contribution in [0.5, 0.6) is 0 Å². The molecule has 5 rings (SSSR count). The topological polar surface area (TPSA) is 115 Å². The molecule has 0 saturated heterocycles. The Labute approximate surface area is 254 Å². The van der Waals surface area contributed by atoms with Crippen LogP contribution in [0.1, 0.15) is 69.5 Å². The van der Waals surface area contributed by atoms with E-state index in [0.717, 1.165) is 49.4 Å². The van der Waals surface area contributed by atoms with Gasteiger partial charge in [0.2, 0.25) is 0 Å². The average molecular weight is 633 g/mol. The molecule has 2 aromatic carbocycles. The van der Waals surface area contributed by atoms with Crippen molar-refractivity contribution in [3.63, 3.8) is 0 Å². The van der Waals surface area contributed by atoms with E-state index in [9.17, 15) is 17.2 Å². The molecule has 1 saturated carbocycles. The minimum absolute atomic E-state index is 0.0726. The molecule has 8 nitrogen and oxygen atoms in total. The second kappa shape index (κ2) is 12.4. The second-order valence-corrected chi connectivity index (χ2v) is 13.4. The van der Waals surface area contributed by atoms with Gasteiger partial charge < -0.3 is 11.1 Å². The van der Waals surface area contributed by atoms with Gasteiger partial charge in [-0.1, -0.05) is 6.07 Å². The van der Waals surface area contributed by atoms with E-state index in [1.807, 2.05) is 18.6 Å². The maximum atomic E-state index is 15.7. The van der Waals surface area contributed by atoms with E-state index in [2.05, 4.69) is 15.4 Å². The van der Waals surface area contributed by atoms with E-state index in [0.29, 0.717) is 29.1 Å². The number of nitrogens with zero attached hydrogens (tertiary/aromatic N) is 3. The summed E-state index contributed by atoms with van der Waals surface area (Å²) in [6, 6.07) is 5.08. The summed E-state index contributed by atoms with van der Waals surface area (Å²) in [6.07, 6.45) is 4.10. The Bertz CT molecular complexity index is 1800. The number of nitrogen functional groups attached to an aromatic ring is 1. The molecule has 1 aliphatic carbocycles. The Balaban J connectivity index is 1.53. The van der Waals surface area contributed by atoms with E-state index in [-0.39, 0.29) is 35.1 Å². The average Bonchev–Trinajstić information content (AvgIpc) is 3.37. The zero-order chi connectivity index (χ0) is 31.9. The number of benzene rings is 2. The number of nitrogens with two attached hydrogens (primary N) is 1. The minimum atomic E-state index is -4.57. The predicted molar refractivity (Wildman–Crippen MR) is 163 cm³/mol. The van der Waals surface area contributed by atoms with Gasteiger partial charge in [0.15, 0.2) is 0 Å². The maximum absolute atomic E-state index is 15.7. The van der Waals surface area contributed by atoms with Crippen molar-refractivity contribution in [2.24, 2.45) is 0 Å². The first-order chi connectivity index (χ1) is 20.8. The highest BCUT2D eigenvalue weighted by Crippen LogP contribution is 2.42. The fourth-order valence-corrected chi connectivity index (χ4v) is 7.06. The van der Waals surface area contributed by atoms with Crippen molar-refractivity contribution in [1.82, 2.24) is 20.1 Å². The summed E-state index contributed by atoms with van der Waals surface area (Å²) in [5.74, 6) is -2.86. The molecule has 0 radical (unpaired) electrons. The number of halogens is 4. The molecule has 0 spiro atoms. The van der Waals surface area contributed by atoms with E-state index in [4.69, 9.17) is 5.73 Å². The fourth-order valence-electron chi connectivity index (χ4n) is 5.84. The van der Waals surface area contributed by atoms with Gasteiger partial charge in [0, 0.05) is 36.5 Å². The van der Waals surface area contributed by atoms with Gasteiger partial charge in [-0.2, -0.15) is 5.10 Å². The molecule has 1 atom stereocenters. The number of aromatic nitrogens is 3. The summed E-state index contributed by atoms with van der Waals surface area (Å²) in [5, 5.41) is 8.31. The number of hydrogen-bond acceptors (Lipinski definition) is 6. The Hall–Kier alpha value is -3.71. The van der Waals surface area contributed by atoms with Crippen LogP contribution in [0, 0.1) is 24.4 Å². The van der Waals surface area contributed by atoms with Crippen LogP contribution in [0.4, 0.5) is 29.1 Å². The molecule has 236 valence electrons. The first kappa shape index (κ1) is 31.7. The Kier molecular flexibility index (Phi) is 8.90. The third-order valence-electron chi connectivity index (χ3n) is 8.06. The van der Waals surface area contributed by atoms with Crippen molar-refractivity contribution in [1.29, 1.82) is 0 Å². The van der Waals surface area contributed by atoms with Crippen LogP contribution in [0.25, 0.3) is 22.2 Å². The van der Waals surface area contributed by atoms with Crippen molar-refractivity contribution in [3.8, 4) is 11.3 Å². The summed E-state index contributed by atoms with van der Waals surface area (Å²) in [4.78, 5) is 3.72. The molecule has 1 fully saturated rings. The molecule has 2 aromatic heterocycles.